The number of halogens is 1. The van der Waals surface area contributed by atoms with Crippen LogP contribution in [-0.2, 0) is 12.8 Å². The highest BCUT2D eigenvalue weighted by molar-refractivity contribution is 6.30. The quantitative estimate of drug-likeness (QED) is 0.648. The van der Waals surface area contributed by atoms with E-state index in [0.717, 1.165) is 30.7 Å². The van der Waals surface area contributed by atoms with Crippen molar-refractivity contribution in [3.8, 4) is 0 Å². The number of benzene rings is 1. The highest BCUT2D eigenvalue weighted by Crippen LogP contribution is 2.37. The number of rotatable bonds is 4. The molecule has 0 bridgehead atoms. The molecule has 1 aromatic heterocycles. The van der Waals surface area contributed by atoms with Crippen molar-refractivity contribution in [2.45, 2.75) is 52.4 Å². The summed E-state index contributed by atoms with van der Waals surface area (Å²) in [5.41, 5.74) is 8.15. The van der Waals surface area contributed by atoms with Gasteiger partial charge in [0.2, 0.25) is 0 Å². The van der Waals surface area contributed by atoms with Gasteiger partial charge in [0, 0.05) is 16.8 Å². The van der Waals surface area contributed by atoms with Gasteiger partial charge in [-0.15, -0.1) is 0 Å². The first kappa shape index (κ1) is 16.3. The van der Waals surface area contributed by atoms with Crippen molar-refractivity contribution in [1.29, 1.82) is 0 Å². The van der Waals surface area contributed by atoms with Gasteiger partial charge in [-0.1, -0.05) is 56.0 Å². The molecule has 1 aliphatic carbocycles. The fourth-order valence-electron chi connectivity index (χ4n) is 3.61. The minimum Gasteiger partial charge on any atom is -0.256 e. The van der Waals surface area contributed by atoms with Crippen LogP contribution in [0.5, 0.6) is 0 Å². The van der Waals surface area contributed by atoms with Gasteiger partial charge in [0.25, 0.3) is 0 Å². The Labute approximate surface area is 144 Å². The van der Waals surface area contributed by atoms with E-state index in [-0.39, 0.29) is 0 Å². The first-order chi connectivity index (χ1) is 11.2. The highest BCUT2D eigenvalue weighted by Gasteiger charge is 2.22. The Balaban J connectivity index is 2.28. The zero-order valence-corrected chi connectivity index (χ0v) is 14.8. The van der Waals surface area contributed by atoms with Gasteiger partial charge in [0.15, 0.2) is 0 Å². The van der Waals surface area contributed by atoms with Crippen LogP contribution in [0.25, 0.3) is 5.57 Å². The third kappa shape index (κ3) is 3.35. The smallest absolute Gasteiger partial charge is 0.0739 e. The van der Waals surface area contributed by atoms with Crippen molar-refractivity contribution in [2.75, 3.05) is 0 Å². The zero-order chi connectivity index (χ0) is 16.2. The van der Waals surface area contributed by atoms with Crippen LogP contribution in [0.2, 0.25) is 5.02 Å². The first-order valence-corrected chi connectivity index (χ1v) is 9.07. The molecule has 0 aliphatic heterocycles. The number of hydrogen-bond donors (Lipinski definition) is 0. The van der Waals surface area contributed by atoms with Crippen molar-refractivity contribution < 1.29 is 0 Å². The standard InChI is InChI=1S/C21H24ClN/c1-3-6-15(7-4-2)20-19-12-11-18(22)14-17(19)10-9-16-8-5-13-23-21(16)20/h5,8,11-14H,3-4,6-7,9-10H2,1-2H3. The Morgan fingerprint density at radius 1 is 1.04 bits per heavy atom. The van der Waals surface area contributed by atoms with Gasteiger partial charge in [0.1, 0.15) is 0 Å². The lowest BCUT2D eigenvalue weighted by molar-refractivity contribution is 0.805. The average molecular weight is 326 g/mol. The molecule has 23 heavy (non-hydrogen) atoms. The summed E-state index contributed by atoms with van der Waals surface area (Å²) < 4.78 is 0. The van der Waals surface area contributed by atoms with E-state index in [1.54, 1.807) is 5.57 Å². The molecular formula is C21H24ClN. The number of aryl methyl sites for hydroxylation is 2. The molecule has 1 nitrogen and oxygen atoms in total. The van der Waals surface area contributed by atoms with Gasteiger partial charge < -0.3 is 0 Å². The average Bonchev–Trinajstić information content (AvgIpc) is 2.71. The number of aromatic nitrogens is 1. The van der Waals surface area contributed by atoms with Gasteiger partial charge in [-0.2, -0.15) is 0 Å². The third-order valence-corrected chi connectivity index (χ3v) is 4.82. The van der Waals surface area contributed by atoms with E-state index in [9.17, 15) is 0 Å². The van der Waals surface area contributed by atoms with Gasteiger partial charge in [-0.25, -0.2) is 0 Å². The largest absolute Gasteiger partial charge is 0.256 e. The van der Waals surface area contributed by atoms with Crippen molar-refractivity contribution in [3.05, 3.63) is 69.5 Å². The SMILES string of the molecule is CCCC(CCC)=C1c2ccc(Cl)cc2CCc2cccnc21. The van der Waals surface area contributed by atoms with Crippen molar-refractivity contribution in [2.24, 2.45) is 0 Å². The molecule has 0 unspecified atom stereocenters. The van der Waals surface area contributed by atoms with Crippen LogP contribution in [0.3, 0.4) is 0 Å². The Morgan fingerprint density at radius 2 is 1.78 bits per heavy atom. The van der Waals surface area contributed by atoms with Gasteiger partial charge in [-0.05, 0) is 60.6 Å². The molecule has 2 aromatic rings. The van der Waals surface area contributed by atoms with E-state index in [2.05, 4.69) is 38.1 Å². The fraction of sp³-hybridized carbons (Fsp3) is 0.381. The second kappa shape index (κ2) is 7.31. The summed E-state index contributed by atoms with van der Waals surface area (Å²) in [7, 11) is 0. The maximum atomic E-state index is 6.26. The molecule has 3 rings (SSSR count). The predicted octanol–water partition coefficient (Wildman–Crippen LogP) is 6.24. The molecule has 0 amide bonds. The van der Waals surface area contributed by atoms with E-state index in [0.29, 0.717) is 0 Å². The summed E-state index contributed by atoms with van der Waals surface area (Å²) in [4.78, 5) is 4.78. The summed E-state index contributed by atoms with van der Waals surface area (Å²) >= 11 is 6.26. The van der Waals surface area contributed by atoms with Crippen LogP contribution in [0.15, 0.2) is 42.1 Å². The van der Waals surface area contributed by atoms with Crippen molar-refractivity contribution in [3.63, 3.8) is 0 Å². The Kier molecular flexibility index (Phi) is 5.17. The molecule has 0 saturated heterocycles. The minimum atomic E-state index is 0.828. The molecule has 0 radical (unpaired) electrons. The van der Waals surface area contributed by atoms with Crippen LogP contribution >= 0.6 is 11.6 Å². The summed E-state index contributed by atoms with van der Waals surface area (Å²) in [5.74, 6) is 0. The highest BCUT2D eigenvalue weighted by atomic mass is 35.5. The molecule has 1 aliphatic rings. The van der Waals surface area contributed by atoms with E-state index >= 15 is 0 Å². The Hall–Kier alpha value is -1.60. The first-order valence-electron chi connectivity index (χ1n) is 8.69. The Bertz CT molecular complexity index is 722. The molecular weight excluding hydrogens is 302 g/mol. The number of nitrogens with zero attached hydrogens (tertiary/aromatic N) is 1. The van der Waals surface area contributed by atoms with Crippen LogP contribution in [0, 0.1) is 0 Å². The van der Waals surface area contributed by atoms with E-state index in [4.69, 9.17) is 16.6 Å². The minimum absolute atomic E-state index is 0.828. The van der Waals surface area contributed by atoms with E-state index in [1.807, 2.05) is 12.3 Å². The summed E-state index contributed by atoms with van der Waals surface area (Å²) in [6.07, 6.45) is 8.61. The number of allylic oxidation sites excluding steroid dienone is 1. The zero-order valence-electron chi connectivity index (χ0n) is 14.0. The molecule has 2 heteroatoms. The van der Waals surface area contributed by atoms with Gasteiger partial charge >= 0.3 is 0 Å². The monoisotopic (exact) mass is 325 g/mol. The second-order valence-electron chi connectivity index (χ2n) is 6.29. The maximum Gasteiger partial charge on any atom is 0.0739 e. The summed E-state index contributed by atoms with van der Waals surface area (Å²) in [5, 5.41) is 0.828. The summed E-state index contributed by atoms with van der Waals surface area (Å²) in [6, 6.07) is 10.6. The lowest BCUT2D eigenvalue weighted by atomic mass is 9.89. The van der Waals surface area contributed by atoms with Crippen LogP contribution in [0.4, 0.5) is 0 Å². The molecule has 0 fully saturated rings. The third-order valence-electron chi connectivity index (χ3n) is 4.59. The number of fused-ring (bicyclic) bond motifs is 2. The molecule has 0 N–H and O–H groups in total. The fourth-order valence-corrected chi connectivity index (χ4v) is 3.81. The summed E-state index contributed by atoms with van der Waals surface area (Å²) in [6.45, 7) is 4.52. The van der Waals surface area contributed by atoms with Crippen LogP contribution < -0.4 is 0 Å². The van der Waals surface area contributed by atoms with Crippen molar-refractivity contribution in [1.82, 2.24) is 4.98 Å². The molecule has 0 atom stereocenters. The molecule has 1 aromatic carbocycles. The Morgan fingerprint density at radius 3 is 2.52 bits per heavy atom. The molecule has 1 heterocycles. The number of pyridine rings is 1. The van der Waals surface area contributed by atoms with E-state index < -0.39 is 0 Å². The van der Waals surface area contributed by atoms with Gasteiger partial charge in [0.05, 0.1) is 5.69 Å². The molecule has 120 valence electrons. The lowest BCUT2D eigenvalue weighted by Gasteiger charge is -2.17. The maximum absolute atomic E-state index is 6.26. The van der Waals surface area contributed by atoms with Crippen molar-refractivity contribution >= 4 is 17.2 Å². The normalized spacial score (nSPS) is 13.3. The van der Waals surface area contributed by atoms with Crippen LogP contribution in [0.1, 0.15) is 61.9 Å². The molecule has 0 spiro atoms. The second-order valence-corrected chi connectivity index (χ2v) is 6.73. The molecule has 0 saturated carbocycles. The van der Waals surface area contributed by atoms with E-state index in [1.165, 1.54) is 40.8 Å². The van der Waals surface area contributed by atoms with Crippen LogP contribution in [-0.4, -0.2) is 4.98 Å². The topological polar surface area (TPSA) is 12.9 Å². The van der Waals surface area contributed by atoms with Gasteiger partial charge in [-0.3, -0.25) is 4.98 Å². The number of hydrogen-bond acceptors (Lipinski definition) is 1. The predicted molar refractivity (Wildman–Crippen MR) is 98.9 cm³/mol. The lowest BCUT2D eigenvalue weighted by Crippen LogP contribution is -2.00.